The van der Waals surface area contributed by atoms with Gasteiger partial charge in [0.25, 0.3) is 0 Å². The van der Waals surface area contributed by atoms with Crippen LogP contribution in [-0.2, 0) is 16.6 Å². The summed E-state index contributed by atoms with van der Waals surface area (Å²) in [6.07, 6.45) is 2.83. The molecule has 0 saturated carbocycles. The summed E-state index contributed by atoms with van der Waals surface area (Å²) in [4.78, 5) is 14.6. The van der Waals surface area contributed by atoms with Gasteiger partial charge in [0, 0.05) is 43.1 Å². The highest BCUT2D eigenvalue weighted by atomic mass is 35.5. The van der Waals surface area contributed by atoms with Crippen molar-refractivity contribution >= 4 is 39.8 Å². The number of carbonyl (C=O) groups is 1. The second kappa shape index (κ2) is 12.7. The van der Waals surface area contributed by atoms with Gasteiger partial charge in [-0.15, -0.1) is 12.4 Å². The predicted octanol–water partition coefficient (Wildman–Crippen LogP) is 4.76. The van der Waals surface area contributed by atoms with Gasteiger partial charge in [-0.25, -0.2) is 13.2 Å². The molecule has 0 atom stereocenters. The Kier molecular flexibility index (Phi) is 9.62. The van der Waals surface area contributed by atoms with Crippen LogP contribution < -0.4 is 20.1 Å². The van der Waals surface area contributed by atoms with E-state index in [-0.39, 0.29) is 30.2 Å². The summed E-state index contributed by atoms with van der Waals surface area (Å²) >= 11 is 0. The lowest BCUT2D eigenvalue weighted by molar-refractivity contribution is 0.190. The summed E-state index contributed by atoms with van der Waals surface area (Å²) in [6, 6.07) is 20.9. The number of sulfonamides is 1. The standard InChI is InChI=1S/C26H30N4O5S.ClH/c1-36(33,34)29-21-7-11-25(12-8-21)35-24-9-5-19(6-10-24)18-30-15-13-20(14-16-30)27-26(32)28-22-3-2-4-23(31)17-22;/h2-12,17,20,29,31H,13-16,18H2,1H3,(H2,27,28,32);1H. The van der Waals surface area contributed by atoms with Crippen molar-refractivity contribution in [1.82, 2.24) is 10.2 Å². The third-order valence-corrected chi connectivity index (χ3v) is 6.36. The largest absolute Gasteiger partial charge is 0.508 e. The molecule has 37 heavy (non-hydrogen) atoms. The summed E-state index contributed by atoms with van der Waals surface area (Å²) in [5.41, 5.74) is 2.21. The number of anilines is 2. The number of benzene rings is 3. The molecule has 0 radical (unpaired) electrons. The van der Waals surface area contributed by atoms with Crippen molar-refractivity contribution in [3.8, 4) is 17.2 Å². The number of hydrogen-bond donors (Lipinski definition) is 4. The number of piperidine rings is 1. The van der Waals surface area contributed by atoms with Crippen molar-refractivity contribution in [2.24, 2.45) is 0 Å². The summed E-state index contributed by atoms with van der Waals surface area (Å²) in [7, 11) is -3.31. The van der Waals surface area contributed by atoms with Crippen LogP contribution in [-0.4, -0.2) is 49.8 Å². The first-order valence-electron chi connectivity index (χ1n) is 11.7. The number of phenolic OH excluding ortho intramolecular Hbond substituents is 1. The van der Waals surface area contributed by atoms with E-state index in [4.69, 9.17) is 4.74 Å². The van der Waals surface area contributed by atoms with Crippen molar-refractivity contribution in [3.05, 3.63) is 78.4 Å². The first-order valence-corrected chi connectivity index (χ1v) is 13.5. The van der Waals surface area contributed by atoms with E-state index in [2.05, 4.69) is 20.3 Å². The van der Waals surface area contributed by atoms with Crippen LogP contribution in [0.1, 0.15) is 18.4 Å². The van der Waals surface area contributed by atoms with Crippen LogP contribution in [0.4, 0.5) is 16.2 Å². The van der Waals surface area contributed by atoms with E-state index in [0.717, 1.165) is 38.7 Å². The van der Waals surface area contributed by atoms with Crippen molar-refractivity contribution in [1.29, 1.82) is 0 Å². The third-order valence-electron chi connectivity index (χ3n) is 5.75. The number of amides is 2. The monoisotopic (exact) mass is 546 g/mol. The van der Waals surface area contributed by atoms with E-state index in [1.165, 1.54) is 11.6 Å². The van der Waals surface area contributed by atoms with Gasteiger partial charge in [0.15, 0.2) is 0 Å². The number of phenols is 1. The minimum absolute atomic E-state index is 0. The van der Waals surface area contributed by atoms with Gasteiger partial charge in [0.05, 0.1) is 6.26 Å². The van der Waals surface area contributed by atoms with Gasteiger partial charge >= 0.3 is 6.03 Å². The SMILES string of the molecule is CS(=O)(=O)Nc1ccc(Oc2ccc(CN3CCC(NC(=O)Nc4cccc(O)c4)CC3)cc2)cc1.Cl. The van der Waals surface area contributed by atoms with Crippen LogP contribution in [0.5, 0.6) is 17.2 Å². The molecule has 198 valence electrons. The predicted molar refractivity (Wildman–Crippen MR) is 147 cm³/mol. The lowest BCUT2D eigenvalue weighted by atomic mass is 10.0. The maximum absolute atomic E-state index is 12.2. The average molecular weight is 547 g/mol. The van der Waals surface area contributed by atoms with E-state index < -0.39 is 10.0 Å². The second-order valence-corrected chi connectivity index (χ2v) is 10.6. The number of nitrogens with zero attached hydrogens (tertiary/aromatic N) is 1. The molecule has 3 aromatic rings. The summed E-state index contributed by atoms with van der Waals surface area (Å²) in [6.45, 7) is 2.57. The Morgan fingerprint density at radius 1 is 0.973 bits per heavy atom. The van der Waals surface area contributed by atoms with Gasteiger partial charge in [-0.2, -0.15) is 0 Å². The molecular formula is C26H31ClN4O5S. The van der Waals surface area contributed by atoms with Gasteiger partial charge in [-0.1, -0.05) is 18.2 Å². The first kappa shape index (κ1) is 28.1. The molecule has 1 aliphatic heterocycles. The quantitative estimate of drug-likeness (QED) is 0.323. The number of halogens is 1. The van der Waals surface area contributed by atoms with E-state index in [1.807, 2.05) is 24.3 Å². The molecular weight excluding hydrogens is 516 g/mol. The van der Waals surface area contributed by atoms with Crippen LogP contribution in [0.3, 0.4) is 0 Å². The van der Waals surface area contributed by atoms with Crippen molar-refractivity contribution in [3.63, 3.8) is 0 Å². The van der Waals surface area contributed by atoms with Crippen LogP contribution in [0, 0.1) is 0 Å². The molecule has 9 nitrogen and oxygen atoms in total. The Hall–Kier alpha value is -3.47. The van der Waals surface area contributed by atoms with Crippen LogP contribution in [0.15, 0.2) is 72.8 Å². The van der Waals surface area contributed by atoms with Gasteiger partial charge in [-0.3, -0.25) is 9.62 Å². The van der Waals surface area contributed by atoms with E-state index >= 15 is 0 Å². The summed E-state index contributed by atoms with van der Waals surface area (Å²) in [5.74, 6) is 1.42. The average Bonchev–Trinajstić information content (AvgIpc) is 2.82. The molecule has 3 aromatic carbocycles. The highest BCUT2D eigenvalue weighted by Gasteiger charge is 2.21. The molecule has 0 aliphatic carbocycles. The number of aromatic hydroxyl groups is 1. The third kappa shape index (κ3) is 9.16. The fraction of sp³-hybridized carbons (Fsp3) is 0.269. The zero-order valence-corrected chi connectivity index (χ0v) is 22.0. The lowest BCUT2D eigenvalue weighted by Gasteiger charge is -2.32. The fourth-order valence-electron chi connectivity index (χ4n) is 4.03. The van der Waals surface area contributed by atoms with Gasteiger partial charge < -0.3 is 20.5 Å². The number of likely N-dealkylation sites (tertiary alicyclic amines) is 1. The number of ether oxygens (including phenoxy) is 1. The molecule has 0 aromatic heterocycles. The molecule has 11 heteroatoms. The highest BCUT2D eigenvalue weighted by molar-refractivity contribution is 7.92. The molecule has 1 heterocycles. The van der Waals surface area contributed by atoms with E-state index in [1.54, 1.807) is 42.5 Å². The maximum Gasteiger partial charge on any atom is 0.319 e. The number of hydrogen-bond acceptors (Lipinski definition) is 6. The van der Waals surface area contributed by atoms with Crippen LogP contribution in [0.25, 0.3) is 0 Å². The lowest BCUT2D eigenvalue weighted by Crippen LogP contribution is -2.45. The Morgan fingerprint density at radius 2 is 1.59 bits per heavy atom. The van der Waals surface area contributed by atoms with Gasteiger partial charge in [-0.05, 0) is 66.9 Å². The zero-order valence-electron chi connectivity index (χ0n) is 20.4. The van der Waals surface area contributed by atoms with E-state index in [9.17, 15) is 18.3 Å². The Balaban J connectivity index is 0.00000380. The highest BCUT2D eigenvalue weighted by Crippen LogP contribution is 2.24. The first-order chi connectivity index (χ1) is 17.2. The van der Waals surface area contributed by atoms with Crippen molar-refractivity contribution < 1.29 is 23.1 Å². The second-order valence-electron chi connectivity index (χ2n) is 8.84. The molecule has 2 amide bonds. The Bertz CT molecular complexity index is 1280. The molecule has 4 rings (SSSR count). The summed E-state index contributed by atoms with van der Waals surface area (Å²) in [5, 5.41) is 15.3. The number of rotatable bonds is 8. The smallest absolute Gasteiger partial charge is 0.319 e. The van der Waals surface area contributed by atoms with Crippen LogP contribution >= 0.6 is 12.4 Å². The van der Waals surface area contributed by atoms with Crippen molar-refractivity contribution in [2.75, 3.05) is 29.4 Å². The van der Waals surface area contributed by atoms with Crippen LogP contribution in [0.2, 0.25) is 0 Å². The topological polar surface area (TPSA) is 120 Å². The number of carbonyl (C=O) groups excluding carboxylic acids is 1. The van der Waals surface area contributed by atoms with Gasteiger partial charge in [0.1, 0.15) is 17.2 Å². The molecule has 1 aliphatic rings. The minimum atomic E-state index is -3.31. The van der Waals surface area contributed by atoms with Gasteiger partial charge in [0.2, 0.25) is 10.0 Å². The number of urea groups is 1. The zero-order chi connectivity index (χ0) is 25.5. The molecule has 0 unspecified atom stereocenters. The molecule has 4 N–H and O–H groups in total. The normalized spacial score (nSPS) is 14.3. The molecule has 1 saturated heterocycles. The van der Waals surface area contributed by atoms with Crippen molar-refractivity contribution in [2.45, 2.75) is 25.4 Å². The number of nitrogens with one attached hydrogen (secondary N) is 3. The Morgan fingerprint density at radius 3 is 2.19 bits per heavy atom. The maximum atomic E-state index is 12.2. The molecule has 0 spiro atoms. The Labute approximate surface area is 223 Å². The van der Waals surface area contributed by atoms with E-state index in [0.29, 0.717) is 22.9 Å². The fourth-order valence-corrected chi connectivity index (χ4v) is 4.60. The minimum Gasteiger partial charge on any atom is -0.508 e. The summed E-state index contributed by atoms with van der Waals surface area (Å²) < 4.78 is 30.9. The molecule has 1 fully saturated rings. The molecule has 0 bridgehead atoms.